The molecule has 0 amide bonds. The van der Waals surface area contributed by atoms with Gasteiger partial charge in [-0.3, -0.25) is 0 Å². The molecule has 2 rings (SSSR count). The van der Waals surface area contributed by atoms with Crippen molar-refractivity contribution >= 4 is 5.82 Å². The van der Waals surface area contributed by atoms with Crippen molar-refractivity contribution in [1.29, 1.82) is 0 Å². The van der Waals surface area contributed by atoms with Gasteiger partial charge in [-0.25, -0.2) is 4.68 Å². The van der Waals surface area contributed by atoms with Crippen LogP contribution in [0.15, 0.2) is 0 Å². The predicted octanol–water partition coefficient (Wildman–Crippen LogP) is 1.93. The van der Waals surface area contributed by atoms with Crippen molar-refractivity contribution in [2.24, 2.45) is 0 Å². The number of hydrogen-bond donors (Lipinski definition) is 1. The first-order chi connectivity index (χ1) is 6.24. The van der Waals surface area contributed by atoms with Gasteiger partial charge >= 0.3 is 0 Å². The van der Waals surface area contributed by atoms with E-state index in [1.165, 1.54) is 17.7 Å². The molecule has 0 saturated carbocycles. The molecule has 1 aromatic heterocycles. The van der Waals surface area contributed by atoms with E-state index in [0.717, 1.165) is 25.1 Å². The molecule has 1 aromatic rings. The SMILES string of the molecule is CCC(C)n1nc2c(c1N)CCC2. The fraction of sp³-hybridized carbons (Fsp3) is 0.700. The lowest BCUT2D eigenvalue weighted by atomic mass is 10.2. The van der Waals surface area contributed by atoms with Gasteiger partial charge in [0.05, 0.1) is 11.7 Å². The number of fused-ring (bicyclic) bond motifs is 1. The minimum Gasteiger partial charge on any atom is -0.384 e. The summed E-state index contributed by atoms with van der Waals surface area (Å²) < 4.78 is 1.99. The summed E-state index contributed by atoms with van der Waals surface area (Å²) in [5, 5.41) is 4.55. The number of nitrogen functional groups attached to an aromatic ring is 1. The van der Waals surface area contributed by atoms with Crippen molar-refractivity contribution in [2.45, 2.75) is 45.6 Å². The lowest BCUT2D eigenvalue weighted by Crippen LogP contribution is -2.10. The molecule has 0 aromatic carbocycles. The molecule has 3 nitrogen and oxygen atoms in total. The molecule has 0 fully saturated rings. The third-order valence-corrected chi connectivity index (χ3v) is 2.98. The summed E-state index contributed by atoms with van der Waals surface area (Å²) in [6.45, 7) is 4.33. The average Bonchev–Trinajstić information content (AvgIpc) is 2.68. The molecule has 1 aliphatic rings. The lowest BCUT2D eigenvalue weighted by molar-refractivity contribution is 0.479. The molecule has 0 spiro atoms. The summed E-state index contributed by atoms with van der Waals surface area (Å²) in [5.74, 6) is 0.904. The smallest absolute Gasteiger partial charge is 0.125 e. The standard InChI is InChI=1S/C10H17N3/c1-3-7(2)13-10(11)8-5-4-6-9(8)12-13/h7H,3-6,11H2,1-2H3. The molecule has 1 heterocycles. The first-order valence-corrected chi connectivity index (χ1v) is 5.09. The van der Waals surface area contributed by atoms with Gasteiger partial charge in [-0.05, 0) is 32.6 Å². The molecule has 3 heteroatoms. The van der Waals surface area contributed by atoms with Crippen LogP contribution in [-0.2, 0) is 12.8 Å². The second kappa shape index (κ2) is 3.05. The highest BCUT2D eigenvalue weighted by Gasteiger charge is 2.21. The summed E-state index contributed by atoms with van der Waals surface area (Å²) in [6, 6.07) is 0.436. The van der Waals surface area contributed by atoms with Crippen molar-refractivity contribution in [2.75, 3.05) is 5.73 Å². The normalized spacial score (nSPS) is 17.4. The van der Waals surface area contributed by atoms with Crippen LogP contribution in [-0.4, -0.2) is 9.78 Å². The van der Waals surface area contributed by atoms with Crippen molar-refractivity contribution in [3.8, 4) is 0 Å². The third kappa shape index (κ3) is 1.23. The van der Waals surface area contributed by atoms with Crippen LogP contribution in [0.4, 0.5) is 5.82 Å². The predicted molar refractivity (Wildman–Crippen MR) is 53.7 cm³/mol. The van der Waals surface area contributed by atoms with E-state index in [9.17, 15) is 0 Å². The summed E-state index contributed by atoms with van der Waals surface area (Å²) in [4.78, 5) is 0. The molecule has 72 valence electrons. The van der Waals surface area contributed by atoms with Crippen LogP contribution in [0.1, 0.15) is 44.0 Å². The number of hydrogen-bond acceptors (Lipinski definition) is 2. The van der Waals surface area contributed by atoms with E-state index in [4.69, 9.17) is 5.73 Å². The van der Waals surface area contributed by atoms with Crippen LogP contribution in [0.3, 0.4) is 0 Å². The summed E-state index contributed by atoms with van der Waals surface area (Å²) in [6.07, 6.45) is 4.55. The van der Waals surface area contributed by atoms with Gasteiger partial charge in [0, 0.05) is 5.56 Å². The molecular weight excluding hydrogens is 162 g/mol. The maximum atomic E-state index is 6.03. The first-order valence-electron chi connectivity index (χ1n) is 5.09. The molecule has 0 aliphatic heterocycles. The maximum absolute atomic E-state index is 6.03. The second-order valence-electron chi connectivity index (χ2n) is 3.87. The Balaban J connectivity index is 2.38. The Bertz CT molecular complexity index is 314. The van der Waals surface area contributed by atoms with E-state index in [2.05, 4.69) is 18.9 Å². The fourth-order valence-corrected chi connectivity index (χ4v) is 1.95. The van der Waals surface area contributed by atoms with Gasteiger partial charge in [-0.15, -0.1) is 0 Å². The van der Waals surface area contributed by atoms with Gasteiger partial charge in [0.1, 0.15) is 5.82 Å². The summed E-state index contributed by atoms with van der Waals surface area (Å²) in [7, 11) is 0. The first kappa shape index (κ1) is 8.60. The molecule has 0 radical (unpaired) electrons. The quantitative estimate of drug-likeness (QED) is 0.753. The maximum Gasteiger partial charge on any atom is 0.125 e. The van der Waals surface area contributed by atoms with Crippen molar-refractivity contribution < 1.29 is 0 Å². The zero-order valence-electron chi connectivity index (χ0n) is 8.38. The molecule has 0 bridgehead atoms. The minimum atomic E-state index is 0.436. The topological polar surface area (TPSA) is 43.8 Å². The molecule has 2 N–H and O–H groups in total. The van der Waals surface area contributed by atoms with E-state index in [1.54, 1.807) is 0 Å². The lowest BCUT2D eigenvalue weighted by Gasteiger charge is -2.11. The minimum absolute atomic E-state index is 0.436. The van der Waals surface area contributed by atoms with Gasteiger partial charge in [-0.1, -0.05) is 6.92 Å². The zero-order chi connectivity index (χ0) is 9.42. The number of anilines is 1. The molecule has 13 heavy (non-hydrogen) atoms. The second-order valence-corrected chi connectivity index (χ2v) is 3.87. The molecule has 1 aliphatic carbocycles. The van der Waals surface area contributed by atoms with Gasteiger partial charge in [-0.2, -0.15) is 5.10 Å². The molecule has 1 atom stereocenters. The molecular formula is C10H17N3. The van der Waals surface area contributed by atoms with Crippen LogP contribution in [0.2, 0.25) is 0 Å². The number of aryl methyl sites for hydroxylation is 1. The molecule has 1 unspecified atom stereocenters. The van der Waals surface area contributed by atoms with Crippen LogP contribution in [0.5, 0.6) is 0 Å². The highest BCUT2D eigenvalue weighted by molar-refractivity contribution is 5.46. The highest BCUT2D eigenvalue weighted by atomic mass is 15.3. The van der Waals surface area contributed by atoms with Crippen LogP contribution >= 0.6 is 0 Å². The Morgan fingerprint density at radius 3 is 2.92 bits per heavy atom. The van der Waals surface area contributed by atoms with Gasteiger partial charge in [0.2, 0.25) is 0 Å². The Morgan fingerprint density at radius 1 is 1.54 bits per heavy atom. The third-order valence-electron chi connectivity index (χ3n) is 2.98. The van der Waals surface area contributed by atoms with E-state index in [0.29, 0.717) is 6.04 Å². The average molecular weight is 179 g/mol. The van der Waals surface area contributed by atoms with Crippen LogP contribution in [0.25, 0.3) is 0 Å². The van der Waals surface area contributed by atoms with E-state index in [1.807, 2.05) is 4.68 Å². The van der Waals surface area contributed by atoms with Gasteiger partial charge in [0.15, 0.2) is 0 Å². The summed E-state index contributed by atoms with van der Waals surface area (Å²) >= 11 is 0. The Labute approximate surface area is 78.9 Å². The largest absolute Gasteiger partial charge is 0.384 e. The Morgan fingerprint density at radius 2 is 2.31 bits per heavy atom. The van der Waals surface area contributed by atoms with Crippen molar-refractivity contribution in [3.05, 3.63) is 11.3 Å². The number of nitrogens with zero attached hydrogens (tertiary/aromatic N) is 2. The number of nitrogens with two attached hydrogens (primary N) is 1. The molecule has 0 saturated heterocycles. The highest BCUT2D eigenvalue weighted by Crippen LogP contribution is 2.29. The van der Waals surface area contributed by atoms with Crippen LogP contribution in [0, 0.1) is 0 Å². The zero-order valence-corrected chi connectivity index (χ0v) is 8.38. The monoisotopic (exact) mass is 179 g/mol. The summed E-state index contributed by atoms with van der Waals surface area (Å²) in [5.41, 5.74) is 8.57. The van der Waals surface area contributed by atoms with Crippen molar-refractivity contribution in [1.82, 2.24) is 9.78 Å². The van der Waals surface area contributed by atoms with E-state index >= 15 is 0 Å². The van der Waals surface area contributed by atoms with E-state index < -0.39 is 0 Å². The Hall–Kier alpha value is -0.990. The number of aromatic nitrogens is 2. The van der Waals surface area contributed by atoms with E-state index in [-0.39, 0.29) is 0 Å². The van der Waals surface area contributed by atoms with Gasteiger partial charge in [0.25, 0.3) is 0 Å². The van der Waals surface area contributed by atoms with Gasteiger partial charge < -0.3 is 5.73 Å². The Kier molecular flexibility index (Phi) is 2.02. The number of rotatable bonds is 2. The van der Waals surface area contributed by atoms with Crippen molar-refractivity contribution in [3.63, 3.8) is 0 Å². The fourth-order valence-electron chi connectivity index (χ4n) is 1.95. The van der Waals surface area contributed by atoms with Crippen LogP contribution < -0.4 is 5.73 Å².